The number of barbiturate groups is 1. The third-order valence-corrected chi connectivity index (χ3v) is 5.60. The molecule has 0 bridgehead atoms. The van der Waals surface area contributed by atoms with Crippen molar-refractivity contribution in [3.8, 4) is 5.75 Å². The van der Waals surface area contributed by atoms with Crippen LogP contribution in [0, 0.1) is 13.8 Å². The van der Waals surface area contributed by atoms with Gasteiger partial charge in [-0.1, -0.05) is 47.5 Å². The largest absolute Gasteiger partial charge is 0.484 e. The van der Waals surface area contributed by atoms with Crippen molar-refractivity contribution in [3.05, 3.63) is 94.0 Å². The smallest absolute Gasteiger partial charge is 0.335 e. The molecular formula is C27H22ClN3O5. The summed E-state index contributed by atoms with van der Waals surface area (Å²) in [7, 11) is 0. The molecule has 0 atom stereocenters. The fourth-order valence-corrected chi connectivity index (χ4v) is 3.84. The summed E-state index contributed by atoms with van der Waals surface area (Å²) in [5.74, 6) is -1.57. The van der Waals surface area contributed by atoms with E-state index in [-0.39, 0.29) is 23.8 Å². The number of halogens is 1. The minimum atomic E-state index is -0.865. The van der Waals surface area contributed by atoms with Crippen molar-refractivity contribution in [2.45, 2.75) is 13.8 Å². The number of carbonyl (C=O) groups excluding carboxylic acids is 4. The summed E-state index contributed by atoms with van der Waals surface area (Å²) in [5.41, 5.74) is 3.21. The van der Waals surface area contributed by atoms with E-state index >= 15 is 0 Å². The quantitative estimate of drug-likeness (QED) is 0.376. The molecule has 3 aromatic rings. The first-order valence-electron chi connectivity index (χ1n) is 11.0. The highest BCUT2D eigenvalue weighted by molar-refractivity contribution is 6.39. The van der Waals surface area contributed by atoms with Gasteiger partial charge in [-0.05, 0) is 67.4 Å². The third kappa shape index (κ3) is 5.61. The molecule has 0 spiro atoms. The zero-order valence-corrected chi connectivity index (χ0v) is 20.3. The maximum atomic E-state index is 13.0. The molecule has 5 amide bonds. The molecule has 1 heterocycles. The second-order valence-corrected chi connectivity index (χ2v) is 8.60. The van der Waals surface area contributed by atoms with Crippen molar-refractivity contribution in [2.24, 2.45) is 0 Å². The minimum absolute atomic E-state index is 0.232. The topological polar surface area (TPSA) is 105 Å². The maximum absolute atomic E-state index is 13.0. The molecule has 0 radical (unpaired) electrons. The van der Waals surface area contributed by atoms with Crippen LogP contribution in [0.2, 0.25) is 5.02 Å². The number of aryl methyl sites for hydroxylation is 2. The summed E-state index contributed by atoms with van der Waals surface area (Å²) >= 11 is 5.99. The Hall–Kier alpha value is -4.43. The number of nitrogens with zero attached hydrogens (tertiary/aromatic N) is 1. The van der Waals surface area contributed by atoms with Crippen LogP contribution in [0.25, 0.3) is 6.08 Å². The predicted octanol–water partition coefficient (Wildman–Crippen LogP) is 4.64. The first-order valence-corrected chi connectivity index (χ1v) is 11.4. The Morgan fingerprint density at radius 2 is 1.81 bits per heavy atom. The van der Waals surface area contributed by atoms with Crippen molar-refractivity contribution >= 4 is 52.8 Å². The van der Waals surface area contributed by atoms with Crippen LogP contribution in [0.5, 0.6) is 5.75 Å². The highest BCUT2D eigenvalue weighted by Gasteiger charge is 2.36. The molecule has 3 aromatic carbocycles. The standard InChI is InChI=1S/C27H22ClN3O5/c1-16-9-10-23(17(2)11-16)29-24(32)15-36-21-8-3-5-18(12-21)13-22-25(33)30-27(35)31(26(22)34)20-7-4-6-19(28)14-20/h3-14H,15H2,1-2H3,(H,29,32)(H,30,33,35)/b22-13+. The summed E-state index contributed by atoms with van der Waals surface area (Å²) in [6, 6.07) is 17.6. The van der Waals surface area contributed by atoms with E-state index in [2.05, 4.69) is 10.6 Å². The van der Waals surface area contributed by atoms with Crippen molar-refractivity contribution in [3.63, 3.8) is 0 Å². The van der Waals surface area contributed by atoms with Gasteiger partial charge in [-0.3, -0.25) is 19.7 Å². The lowest BCUT2D eigenvalue weighted by molar-refractivity contribution is -0.122. The molecule has 1 aliphatic rings. The van der Waals surface area contributed by atoms with Gasteiger partial charge in [-0.2, -0.15) is 0 Å². The van der Waals surface area contributed by atoms with Crippen molar-refractivity contribution in [1.82, 2.24) is 5.32 Å². The summed E-state index contributed by atoms with van der Waals surface area (Å²) in [4.78, 5) is 51.0. The van der Waals surface area contributed by atoms with Gasteiger partial charge in [0, 0.05) is 10.7 Å². The Balaban J connectivity index is 1.48. The van der Waals surface area contributed by atoms with Gasteiger partial charge >= 0.3 is 6.03 Å². The SMILES string of the molecule is Cc1ccc(NC(=O)COc2cccc(/C=C3\C(=O)NC(=O)N(c4cccc(Cl)c4)C3=O)c2)c(C)c1. The van der Waals surface area contributed by atoms with Crippen molar-refractivity contribution < 1.29 is 23.9 Å². The van der Waals surface area contributed by atoms with E-state index in [4.69, 9.17) is 16.3 Å². The molecule has 1 aliphatic heterocycles. The fraction of sp³-hybridized carbons (Fsp3) is 0.111. The molecule has 1 fully saturated rings. The molecule has 0 aliphatic carbocycles. The lowest BCUT2D eigenvalue weighted by atomic mass is 10.1. The Bertz CT molecular complexity index is 1420. The highest BCUT2D eigenvalue weighted by atomic mass is 35.5. The second-order valence-electron chi connectivity index (χ2n) is 8.17. The van der Waals surface area contributed by atoms with E-state index in [1.165, 1.54) is 18.2 Å². The molecule has 1 saturated heterocycles. The number of hydrogen-bond donors (Lipinski definition) is 2. The van der Waals surface area contributed by atoms with E-state index in [9.17, 15) is 19.2 Å². The van der Waals surface area contributed by atoms with Gasteiger partial charge in [0.15, 0.2) is 6.61 Å². The number of benzene rings is 3. The van der Waals surface area contributed by atoms with Gasteiger partial charge in [0.2, 0.25) is 0 Å². The average molecular weight is 504 g/mol. The van der Waals surface area contributed by atoms with Gasteiger partial charge in [0.05, 0.1) is 5.69 Å². The molecule has 0 saturated carbocycles. The number of imide groups is 2. The normalized spacial score (nSPS) is 14.6. The maximum Gasteiger partial charge on any atom is 0.335 e. The van der Waals surface area contributed by atoms with Crippen LogP contribution in [-0.4, -0.2) is 30.4 Å². The van der Waals surface area contributed by atoms with Crippen LogP contribution >= 0.6 is 11.6 Å². The van der Waals surface area contributed by atoms with E-state index in [1.807, 2.05) is 32.0 Å². The minimum Gasteiger partial charge on any atom is -0.484 e. The number of rotatable bonds is 6. The van der Waals surface area contributed by atoms with Crippen LogP contribution in [0.1, 0.15) is 16.7 Å². The molecular weight excluding hydrogens is 482 g/mol. The Morgan fingerprint density at radius 3 is 2.56 bits per heavy atom. The van der Waals surface area contributed by atoms with Crippen LogP contribution in [0.3, 0.4) is 0 Å². The molecule has 2 N–H and O–H groups in total. The number of hydrogen-bond acceptors (Lipinski definition) is 5. The van der Waals surface area contributed by atoms with E-state index < -0.39 is 17.8 Å². The number of anilines is 2. The Morgan fingerprint density at radius 1 is 1.03 bits per heavy atom. The molecule has 36 heavy (non-hydrogen) atoms. The Kier molecular flexibility index (Phi) is 7.17. The molecule has 0 aromatic heterocycles. The number of nitrogens with one attached hydrogen (secondary N) is 2. The number of ether oxygens (including phenoxy) is 1. The first kappa shape index (κ1) is 24.7. The van der Waals surface area contributed by atoms with Crippen LogP contribution in [-0.2, 0) is 14.4 Å². The van der Waals surface area contributed by atoms with Gasteiger partial charge in [-0.25, -0.2) is 9.69 Å². The van der Waals surface area contributed by atoms with Gasteiger partial charge in [-0.15, -0.1) is 0 Å². The molecule has 182 valence electrons. The molecule has 4 rings (SSSR count). The van der Waals surface area contributed by atoms with Crippen LogP contribution in [0.4, 0.5) is 16.2 Å². The van der Waals surface area contributed by atoms with E-state index in [0.717, 1.165) is 16.0 Å². The molecule has 0 unspecified atom stereocenters. The monoisotopic (exact) mass is 503 g/mol. The Labute approximate surface area is 212 Å². The van der Waals surface area contributed by atoms with Gasteiger partial charge in [0.1, 0.15) is 11.3 Å². The summed E-state index contributed by atoms with van der Waals surface area (Å²) in [6.07, 6.45) is 1.35. The average Bonchev–Trinajstić information content (AvgIpc) is 2.82. The highest BCUT2D eigenvalue weighted by Crippen LogP contribution is 2.25. The number of amides is 5. The van der Waals surface area contributed by atoms with Gasteiger partial charge in [0.25, 0.3) is 17.7 Å². The lowest BCUT2D eigenvalue weighted by Crippen LogP contribution is -2.54. The van der Waals surface area contributed by atoms with Crippen LogP contribution < -0.4 is 20.3 Å². The van der Waals surface area contributed by atoms with Crippen molar-refractivity contribution in [2.75, 3.05) is 16.8 Å². The fourth-order valence-electron chi connectivity index (χ4n) is 3.66. The second kappa shape index (κ2) is 10.5. The first-order chi connectivity index (χ1) is 17.2. The number of urea groups is 1. The third-order valence-electron chi connectivity index (χ3n) is 5.36. The zero-order chi connectivity index (χ0) is 25.8. The number of carbonyl (C=O) groups is 4. The molecule has 9 heteroatoms. The van der Waals surface area contributed by atoms with E-state index in [0.29, 0.717) is 22.0 Å². The zero-order valence-electron chi connectivity index (χ0n) is 19.5. The lowest BCUT2D eigenvalue weighted by Gasteiger charge is -2.26. The summed E-state index contributed by atoms with van der Waals surface area (Å²) in [6.45, 7) is 3.65. The summed E-state index contributed by atoms with van der Waals surface area (Å²) < 4.78 is 5.60. The van der Waals surface area contributed by atoms with Gasteiger partial charge < -0.3 is 10.1 Å². The molecule has 8 nitrogen and oxygen atoms in total. The van der Waals surface area contributed by atoms with Crippen LogP contribution in [0.15, 0.2) is 72.3 Å². The van der Waals surface area contributed by atoms with E-state index in [1.54, 1.807) is 36.4 Å². The predicted molar refractivity (Wildman–Crippen MR) is 137 cm³/mol. The van der Waals surface area contributed by atoms with Crippen molar-refractivity contribution in [1.29, 1.82) is 0 Å². The summed E-state index contributed by atoms with van der Waals surface area (Å²) in [5, 5.41) is 5.31.